The van der Waals surface area contributed by atoms with E-state index in [1.807, 2.05) is 18.2 Å². The van der Waals surface area contributed by atoms with Crippen LogP contribution in [0.2, 0.25) is 0 Å². The van der Waals surface area contributed by atoms with E-state index in [0.29, 0.717) is 17.4 Å². The summed E-state index contributed by atoms with van der Waals surface area (Å²) >= 11 is 0. The summed E-state index contributed by atoms with van der Waals surface area (Å²) in [5, 5.41) is -0.624. The van der Waals surface area contributed by atoms with Crippen molar-refractivity contribution in [3.8, 4) is 0 Å². The van der Waals surface area contributed by atoms with Crippen LogP contribution in [0.4, 0.5) is 5.69 Å². The minimum Gasteiger partial charge on any atom is -0.364 e. The maximum absolute atomic E-state index is 12.6. The molecule has 3 atom stereocenters. The van der Waals surface area contributed by atoms with Crippen LogP contribution in [0.3, 0.4) is 0 Å². The Morgan fingerprint density at radius 3 is 2.65 bits per heavy atom. The van der Waals surface area contributed by atoms with Gasteiger partial charge in [0.2, 0.25) is 10.0 Å². The number of hydrogen-bond donors (Lipinski definition) is 2. The molecular formula is C20H27N3O2S. The van der Waals surface area contributed by atoms with E-state index in [2.05, 4.69) is 26.7 Å². The molecule has 0 saturated carbocycles. The maximum atomic E-state index is 12.6. The second-order valence-corrected chi connectivity index (χ2v) is 9.52. The summed E-state index contributed by atoms with van der Waals surface area (Å²) in [6.45, 7) is 2.88. The summed E-state index contributed by atoms with van der Waals surface area (Å²) in [5.41, 5.74) is 2.62. The lowest BCUT2D eigenvalue weighted by Gasteiger charge is -2.34. The monoisotopic (exact) mass is 373 g/mol. The van der Waals surface area contributed by atoms with Gasteiger partial charge in [0, 0.05) is 29.7 Å². The van der Waals surface area contributed by atoms with Crippen LogP contribution in [0.15, 0.2) is 42.6 Å². The van der Waals surface area contributed by atoms with E-state index in [0.717, 1.165) is 6.04 Å². The van der Waals surface area contributed by atoms with Crippen LogP contribution in [0.25, 0.3) is 0 Å². The SMILES string of the molecule is CC(c1ccc[nH]1)S(=O)(=O)Nc1ccc(C2CCC3CCCCN32)cc1. The quantitative estimate of drug-likeness (QED) is 0.825. The summed E-state index contributed by atoms with van der Waals surface area (Å²) in [5.74, 6) is 0. The van der Waals surface area contributed by atoms with Crippen molar-refractivity contribution in [1.82, 2.24) is 9.88 Å². The smallest absolute Gasteiger partial charge is 0.241 e. The van der Waals surface area contributed by atoms with Crippen LogP contribution < -0.4 is 4.72 Å². The van der Waals surface area contributed by atoms with Gasteiger partial charge in [-0.15, -0.1) is 0 Å². The van der Waals surface area contributed by atoms with Gasteiger partial charge in [0.25, 0.3) is 0 Å². The number of sulfonamides is 1. The van der Waals surface area contributed by atoms with Gasteiger partial charge in [0.05, 0.1) is 0 Å². The first-order valence-corrected chi connectivity index (χ1v) is 11.1. The molecule has 6 heteroatoms. The zero-order valence-corrected chi connectivity index (χ0v) is 16.0. The molecule has 2 N–H and O–H groups in total. The van der Waals surface area contributed by atoms with Gasteiger partial charge in [0.15, 0.2) is 0 Å². The Morgan fingerprint density at radius 2 is 1.92 bits per heavy atom. The van der Waals surface area contributed by atoms with Gasteiger partial charge in [-0.05, 0) is 69.0 Å². The Morgan fingerprint density at radius 1 is 1.12 bits per heavy atom. The predicted molar refractivity (Wildman–Crippen MR) is 105 cm³/mol. The molecule has 2 aromatic rings. The highest BCUT2D eigenvalue weighted by atomic mass is 32.2. The molecule has 0 aliphatic carbocycles. The molecule has 4 rings (SSSR count). The second kappa shape index (κ2) is 7.08. The lowest BCUT2D eigenvalue weighted by Crippen LogP contribution is -2.35. The molecule has 3 unspecified atom stereocenters. The van der Waals surface area contributed by atoms with E-state index in [-0.39, 0.29) is 0 Å². The van der Waals surface area contributed by atoms with Crippen molar-refractivity contribution in [1.29, 1.82) is 0 Å². The van der Waals surface area contributed by atoms with Crippen molar-refractivity contribution >= 4 is 15.7 Å². The van der Waals surface area contributed by atoms with Gasteiger partial charge >= 0.3 is 0 Å². The van der Waals surface area contributed by atoms with Crippen LogP contribution in [-0.4, -0.2) is 30.9 Å². The molecular weight excluding hydrogens is 346 g/mol. The first-order chi connectivity index (χ1) is 12.5. The number of fused-ring (bicyclic) bond motifs is 1. The summed E-state index contributed by atoms with van der Waals surface area (Å²) < 4.78 is 27.9. The summed E-state index contributed by atoms with van der Waals surface area (Å²) in [6.07, 6.45) is 8.21. The third-order valence-electron chi connectivity index (χ3n) is 5.93. The number of rotatable bonds is 5. The average Bonchev–Trinajstić information content (AvgIpc) is 3.31. The van der Waals surface area contributed by atoms with E-state index in [9.17, 15) is 8.42 Å². The largest absolute Gasteiger partial charge is 0.364 e. The van der Waals surface area contributed by atoms with Gasteiger partial charge in [-0.25, -0.2) is 8.42 Å². The van der Waals surface area contributed by atoms with E-state index >= 15 is 0 Å². The van der Waals surface area contributed by atoms with Gasteiger partial charge in [-0.2, -0.15) is 0 Å². The number of aromatic amines is 1. The highest BCUT2D eigenvalue weighted by molar-refractivity contribution is 7.92. The number of hydrogen-bond acceptors (Lipinski definition) is 3. The molecule has 1 aromatic heterocycles. The first kappa shape index (κ1) is 17.6. The van der Waals surface area contributed by atoms with Crippen molar-refractivity contribution in [2.45, 2.75) is 56.4 Å². The van der Waals surface area contributed by atoms with Gasteiger partial charge < -0.3 is 4.98 Å². The molecule has 0 spiro atoms. The number of nitrogens with one attached hydrogen (secondary N) is 2. The van der Waals surface area contributed by atoms with Crippen molar-refractivity contribution in [3.63, 3.8) is 0 Å². The number of aromatic nitrogens is 1. The molecule has 2 fully saturated rings. The molecule has 0 radical (unpaired) electrons. The Kier molecular flexibility index (Phi) is 4.80. The van der Waals surface area contributed by atoms with Crippen LogP contribution in [0, 0.1) is 0 Å². The van der Waals surface area contributed by atoms with E-state index in [1.54, 1.807) is 19.2 Å². The zero-order valence-electron chi connectivity index (χ0n) is 15.2. The highest BCUT2D eigenvalue weighted by Crippen LogP contribution is 2.40. The molecule has 0 bridgehead atoms. The van der Waals surface area contributed by atoms with E-state index < -0.39 is 15.3 Å². The Bertz CT molecular complexity index is 830. The molecule has 0 amide bonds. The fourth-order valence-electron chi connectivity index (χ4n) is 4.41. The molecule has 3 heterocycles. The summed E-state index contributed by atoms with van der Waals surface area (Å²) in [7, 11) is -3.48. The fourth-order valence-corrected chi connectivity index (χ4v) is 5.53. The molecule has 2 saturated heterocycles. The van der Waals surface area contributed by atoms with Crippen LogP contribution in [-0.2, 0) is 10.0 Å². The number of H-pyrrole nitrogens is 1. The molecule has 140 valence electrons. The molecule has 5 nitrogen and oxygen atoms in total. The van der Waals surface area contributed by atoms with Crippen molar-refractivity contribution in [2.75, 3.05) is 11.3 Å². The maximum Gasteiger partial charge on any atom is 0.241 e. The number of anilines is 1. The molecule has 2 aliphatic heterocycles. The second-order valence-electron chi connectivity index (χ2n) is 7.52. The number of piperidine rings is 1. The van der Waals surface area contributed by atoms with E-state index in [4.69, 9.17) is 0 Å². The third kappa shape index (κ3) is 3.40. The Balaban J connectivity index is 1.46. The van der Waals surface area contributed by atoms with Crippen LogP contribution in [0.5, 0.6) is 0 Å². The van der Waals surface area contributed by atoms with Gasteiger partial charge in [-0.3, -0.25) is 9.62 Å². The van der Waals surface area contributed by atoms with Gasteiger partial charge in [-0.1, -0.05) is 18.6 Å². The highest BCUT2D eigenvalue weighted by Gasteiger charge is 2.35. The zero-order chi connectivity index (χ0) is 18.1. The topological polar surface area (TPSA) is 65.2 Å². The van der Waals surface area contributed by atoms with E-state index in [1.165, 1.54) is 44.2 Å². The predicted octanol–water partition coefficient (Wildman–Crippen LogP) is 4.21. The summed E-state index contributed by atoms with van der Waals surface area (Å²) in [4.78, 5) is 5.63. The Labute approximate surface area is 155 Å². The van der Waals surface area contributed by atoms with Crippen molar-refractivity contribution in [3.05, 3.63) is 53.9 Å². The lowest BCUT2D eigenvalue weighted by atomic mass is 10.0. The number of benzene rings is 1. The van der Waals surface area contributed by atoms with Crippen LogP contribution >= 0.6 is 0 Å². The minimum absolute atomic E-state index is 0.490. The van der Waals surface area contributed by atoms with Crippen LogP contribution in [0.1, 0.15) is 61.6 Å². The molecule has 26 heavy (non-hydrogen) atoms. The summed E-state index contributed by atoms with van der Waals surface area (Å²) in [6, 6.07) is 12.8. The first-order valence-electron chi connectivity index (χ1n) is 9.55. The minimum atomic E-state index is -3.48. The van der Waals surface area contributed by atoms with Gasteiger partial charge in [0.1, 0.15) is 5.25 Å². The standard InChI is InChI=1S/C20H27N3O2S/c1-15(19-6-4-13-21-19)26(24,25)22-17-9-7-16(8-10-17)20-12-11-18-5-2-3-14-23(18)20/h4,6-10,13,15,18,20-22H,2-3,5,11-12,14H2,1H3. The molecule has 1 aromatic carbocycles. The lowest BCUT2D eigenvalue weighted by molar-refractivity contribution is 0.150. The Hall–Kier alpha value is -1.79. The fraction of sp³-hybridized carbons (Fsp3) is 0.500. The average molecular weight is 374 g/mol. The normalized spacial score (nSPS) is 25.0. The number of nitrogens with zero attached hydrogens (tertiary/aromatic N) is 1. The van der Waals surface area contributed by atoms with Crippen molar-refractivity contribution in [2.24, 2.45) is 0 Å². The third-order valence-corrected chi connectivity index (χ3v) is 7.63. The molecule has 2 aliphatic rings. The van der Waals surface area contributed by atoms with Crippen molar-refractivity contribution < 1.29 is 8.42 Å².